The molecular formula is C22H26F3N5O2. The molecular weight excluding hydrogens is 423 g/mol. The zero-order chi connectivity index (χ0) is 22.9. The average molecular weight is 449 g/mol. The fourth-order valence-corrected chi connectivity index (χ4v) is 4.24. The van der Waals surface area contributed by atoms with Crippen LogP contribution in [0.3, 0.4) is 0 Å². The summed E-state index contributed by atoms with van der Waals surface area (Å²) in [5.41, 5.74) is 7.44. The van der Waals surface area contributed by atoms with Crippen LogP contribution in [-0.2, 0) is 11.2 Å². The van der Waals surface area contributed by atoms with E-state index in [1.807, 2.05) is 0 Å². The normalized spacial score (nSPS) is 20.3. The van der Waals surface area contributed by atoms with Crippen LogP contribution in [0, 0.1) is 5.41 Å². The molecule has 2 heterocycles. The van der Waals surface area contributed by atoms with Gasteiger partial charge in [-0.3, -0.25) is 0 Å². The Kier molecular flexibility index (Phi) is 5.98. The third kappa shape index (κ3) is 4.95. The number of aromatic nitrogens is 3. The largest absolute Gasteiger partial charge is 0.497 e. The van der Waals surface area contributed by atoms with E-state index in [1.54, 1.807) is 25.1 Å². The zero-order valence-corrected chi connectivity index (χ0v) is 18.0. The van der Waals surface area contributed by atoms with Gasteiger partial charge in [-0.1, -0.05) is 0 Å². The van der Waals surface area contributed by atoms with Crippen molar-refractivity contribution in [1.29, 1.82) is 0 Å². The van der Waals surface area contributed by atoms with Crippen LogP contribution in [0.1, 0.15) is 37.4 Å². The minimum atomic E-state index is -4.40. The number of benzene rings is 1. The molecule has 1 saturated carbocycles. The second-order valence-electron chi connectivity index (χ2n) is 8.45. The molecule has 2 aliphatic rings. The summed E-state index contributed by atoms with van der Waals surface area (Å²) in [5.74, 6) is 0.662. The second kappa shape index (κ2) is 8.57. The summed E-state index contributed by atoms with van der Waals surface area (Å²) in [5, 5.41) is 11.8. The van der Waals surface area contributed by atoms with Gasteiger partial charge in [-0.25, -0.2) is 4.98 Å². The van der Waals surface area contributed by atoms with E-state index in [0.29, 0.717) is 23.1 Å². The first-order valence-electron chi connectivity index (χ1n) is 10.5. The molecule has 1 aliphatic carbocycles. The summed E-state index contributed by atoms with van der Waals surface area (Å²) < 4.78 is 50.2. The SMILES string of the molecule is COc1ccc(-c2nnc(N[C@H]3CC34CCOCC4)nc2C=C(C)N)c(CC(F)(F)F)c1. The van der Waals surface area contributed by atoms with Crippen molar-refractivity contribution in [3.8, 4) is 17.0 Å². The van der Waals surface area contributed by atoms with Gasteiger partial charge in [0.1, 0.15) is 11.4 Å². The van der Waals surface area contributed by atoms with Gasteiger partial charge in [0.15, 0.2) is 0 Å². The molecule has 4 rings (SSSR count). The van der Waals surface area contributed by atoms with Crippen LogP contribution in [0.2, 0.25) is 0 Å². The van der Waals surface area contributed by atoms with Gasteiger partial charge in [0.2, 0.25) is 5.95 Å². The Morgan fingerprint density at radius 2 is 2.06 bits per heavy atom. The molecule has 10 heteroatoms. The maximum atomic E-state index is 13.2. The third-order valence-electron chi connectivity index (χ3n) is 6.02. The molecule has 1 aromatic carbocycles. The highest BCUT2D eigenvalue weighted by Crippen LogP contribution is 2.54. The van der Waals surface area contributed by atoms with Gasteiger partial charge in [0.05, 0.1) is 19.2 Å². The van der Waals surface area contributed by atoms with Crippen LogP contribution in [-0.4, -0.2) is 47.7 Å². The molecule has 1 saturated heterocycles. The number of hydrogen-bond acceptors (Lipinski definition) is 7. The van der Waals surface area contributed by atoms with Gasteiger partial charge in [-0.05, 0) is 61.4 Å². The number of nitrogens with two attached hydrogens (primary N) is 1. The van der Waals surface area contributed by atoms with Gasteiger partial charge in [0, 0.05) is 30.5 Å². The van der Waals surface area contributed by atoms with Gasteiger partial charge in [-0.2, -0.15) is 13.2 Å². The smallest absolute Gasteiger partial charge is 0.393 e. The van der Waals surface area contributed by atoms with Gasteiger partial charge >= 0.3 is 6.18 Å². The molecule has 7 nitrogen and oxygen atoms in total. The number of alkyl halides is 3. The molecule has 32 heavy (non-hydrogen) atoms. The van der Waals surface area contributed by atoms with E-state index in [1.165, 1.54) is 13.2 Å². The summed E-state index contributed by atoms with van der Waals surface area (Å²) in [6.07, 6.45) is -0.953. The van der Waals surface area contributed by atoms with Crippen molar-refractivity contribution in [2.45, 2.75) is 44.8 Å². The van der Waals surface area contributed by atoms with E-state index in [9.17, 15) is 13.2 Å². The van der Waals surface area contributed by atoms with Crippen LogP contribution >= 0.6 is 0 Å². The van der Waals surface area contributed by atoms with E-state index in [4.69, 9.17) is 15.2 Å². The molecule has 1 aliphatic heterocycles. The fourth-order valence-electron chi connectivity index (χ4n) is 4.24. The molecule has 0 unspecified atom stereocenters. The predicted octanol–water partition coefficient (Wildman–Crippen LogP) is 3.95. The van der Waals surface area contributed by atoms with E-state index >= 15 is 0 Å². The summed E-state index contributed by atoms with van der Waals surface area (Å²) in [7, 11) is 1.41. The minimum absolute atomic E-state index is 0.0290. The van der Waals surface area contributed by atoms with Crippen LogP contribution in [0.25, 0.3) is 17.3 Å². The topological polar surface area (TPSA) is 95.2 Å². The maximum Gasteiger partial charge on any atom is 0.393 e. The second-order valence-corrected chi connectivity index (χ2v) is 8.45. The third-order valence-corrected chi connectivity index (χ3v) is 6.02. The Labute approximate surface area is 184 Å². The summed E-state index contributed by atoms with van der Waals surface area (Å²) in [6.45, 7) is 3.17. The number of rotatable bonds is 6. The van der Waals surface area contributed by atoms with Crippen molar-refractivity contribution >= 4 is 12.0 Å². The highest BCUT2D eigenvalue weighted by molar-refractivity contribution is 5.73. The van der Waals surface area contributed by atoms with Crippen LogP contribution in [0.4, 0.5) is 19.1 Å². The van der Waals surface area contributed by atoms with Crippen molar-refractivity contribution in [1.82, 2.24) is 15.2 Å². The molecule has 1 atom stereocenters. The number of halogens is 3. The molecule has 0 radical (unpaired) electrons. The fraction of sp³-hybridized carbons (Fsp3) is 0.500. The minimum Gasteiger partial charge on any atom is -0.497 e. The number of hydrogen-bond donors (Lipinski definition) is 2. The quantitative estimate of drug-likeness (QED) is 0.689. The van der Waals surface area contributed by atoms with E-state index in [2.05, 4.69) is 20.5 Å². The van der Waals surface area contributed by atoms with Crippen molar-refractivity contribution in [2.75, 3.05) is 25.6 Å². The molecule has 2 aromatic rings. The first-order chi connectivity index (χ1) is 15.2. The van der Waals surface area contributed by atoms with Crippen LogP contribution < -0.4 is 15.8 Å². The summed E-state index contributed by atoms with van der Waals surface area (Å²) >= 11 is 0. The number of anilines is 1. The molecule has 172 valence electrons. The lowest BCUT2D eigenvalue weighted by atomic mass is 9.96. The molecule has 0 amide bonds. The monoisotopic (exact) mass is 449 g/mol. The Balaban J connectivity index is 1.68. The standard InChI is InChI=1S/C22H26F3N5O2/c1-13(26)9-17-19(16-4-3-15(31-2)10-14(16)11-22(23,24)25)29-30-20(27-17)28-18-12-21(18)5-7-32-8-6-21/h3-4,9-10,18H,5-8,11-12,26H2,1-2H3,(H,27,28,30)/t18-/m0/s1. The molecule has 3 N–H and O–H groups in total. The molecule has 2 fully saturated rings. The first-order valence-corrected chi connectivity index (χ1v) is 10.5. The zero-order valence-electron chi connectivity index (χ0n) is 18.0. The van der Waals surface area contributed by atoms with E-state index in [-0.39, 0.29) is 28.3 Å². The molecule has 1 spiro atoms. The van der Waals surface area contributed by atoms with Crippen molar-refractivity contribution in [3.63, 3.8) is 0 Å². The van der Waals surface area contributed by atoms with Gasteiger partial charge in [0.25, 0.3) is 0 Å². The number of nitrogens with zero attached hydrogens (tertiary/aromatic N) is 3. The molecule has 0 bridgehead atoms. The lowest BCUT2D eigenvalue weighted by Crippen LogP contribution is -2.23. The lowest BCUT2D eigenvalue weighted by molar-refractivity contribution is -0.127. The summed E-state index contributed by atoms with van der Waals surface area (Å²) in [4.78, 5) is 4.54. The van der Waals surface area contributed by atoms with Gasteiger partial charge in [-0.15, -0.1) is 10.2 Å². The predicted molar refractivity (Wildman–Crippen MR) is 114 cm³/mol. The highest BCUT2D eigenvalue weighted by atomic mass is 19.4. The lowest BCUT2D eigenvalue weighted by Gasteiger charge is -2.22. The van der Waals surface area contributed by atoms with Gasteiger partial charge < -0.3 is 20.5 Å². The van der Waals surface area contributed by atoms with Crippen LogP contribution in [0.15, 0.2) is 23.9 Å². The van der Waals surface area contributed by atoms with E-state index in [0.717, 1.165) is 32.5 Å². The number of allylic oxidation sites excluding steroid dienone is 1. The maximum absolute atomic E-state index is 13.2. The highest BCUT2D eigenvalue weighted by Gasteiger charge is 2.54. The first kappa shape index (κ1) is 22.3. The van der Waals surface area contributed by atoms with Crippen molar-refractivity contribution in [2.24, 2.45) is 11.1 Å². The number of nitrogens with one attached hydrogen (secondary N) is 1. The van der Waals surface area contributed by atoms with E-state index < -0.39 is 12.6 Å². The van der Waals surface area contributed by atoms with Crippen LogP contribution in [0.5, 0.6) is 5.75 Å². The number of methoxy groups -OCH3 is 1. The Morgan fingerprint density at radius 1 is 1.31 bits per heavy atom. The number of ether oxygens (including phenoxy) is 2. The summed E-state index contributed by atoms with van der Waals surface area (Å²) in [6, 6.07) is 4.72. The Morgan fingerprint density at radius 3 is 2.72 bits per heavy atom. The van der Waals surface area contributed by atoms with Crippen molar-refractivity contribution < 1.29 is 22.6 Å². The molecule has 1 aromatic heterocycles. The Hall–Kier alpha value is -2.88. The average Bonchev–Trinajstić information content (AvgIpc) is 3.37. The van der Waals surface area contributed by atoms with Crippen molar-refractivity contribution in [3.05, 3.63) is 35.2 Å². The Bertz CT molecular complexity index is 1020.